The zero-order valence-corrected chi connectivity index (χ0v) is 30.1. The molecule has 9 aromatic rings. The molecule has 0 aliphatic heterocycles. The quantitative estimate of drug-likeness (QED) is 0.166. The first kappa shape index (κ1) is 32.4. The van der Waals surface area contributed by atoms with E-state index < -0.39 is 0 Å². The van der Waals surface area contributed by atoms with Crippen molar-refractivity contribution in [3.63, 3.8) is 0 Å². The fourth-order valence-electron chi connectivity index (χ4n) is 7.80. The lowest BCUT2D eigenvalue weighted by Crippen LogP contribution is -2.10. The molecule has 0 atom stereocenters. The fraction of sp³-hybridized carbons (Fsp3) is 0.0196. The van der Waals surface area contributed by atoms with Crippen LogP contribution in [-0.2, 0) is 6.42 Å². The van der Waals surface area contributed by atoms with Crippen LogP contribution in [0.15, 0.2) is 200 Å². The van der Waals surface area contributed by atoms with E-state index in [0.717, 1.165) is 73.8 Å². The van der Waals surface area contributed by atoms with Gasteiger partial charge < -0.3 is 9.47 Å². The fourth-order valence-corrected chi connectivity index (χ4v) is 7.80. The van der Waals surface area contributed by atoms with E-state index in [9.17, 15) is 0 Å². The average Bonchev–Trinajstić information content (AvgIpc) is 3.37. The van der Waals surface area contributed by atoms with Crippen LogP contribution in [0.1, 0.15) is 11.3 Å². The van der Waals surface area contributed by atoms with Crippen molar-refractivity contribution >= 4 is 45.1 Å². The predicted molar refractivity (Wildman–Crippen MR) is 229 cm³/mol. The Morgan fingerprint density at radius 1 is 0.436 bits per heavy atom. The lowest BCUT2D eigenvalue weighted by Gasteiger charge is -2.26. The third-order valence-corrected chi connectivity index (χ3v) is 10.5. The highest BCUT2D eigenvalue weighted by Crippen LogP contribution is 2.38. The van der Waals surface area contributed by atoms with Gasteiger partial charge in [0.2, 0.25) is 0 Å². The van der Waals surface area contributed by atoms with Gasteiger partial charge in [-0.05, 0) is 95.9 Å². The van der Waals surface area contributed by atoms with Gasteiger partial charge in [0.05, 0.1) is 33.6 Å². The number of para-hydroxylation sites is 4. The molecule has 55 heavy (non-hydrogen) atoms. The second kappa shape index (κ2) is 13.9. The lowest BCUT2D eigenvalue weighted by molar-refractivity contribution is 1.08. The van der Waals surface area contributed by atoms with Crippen molar-refractivity contribution < 1.29 is 0 Å². The van der Waals surface area contributed by atoms with Gasteiger partial charge in [-0.15, -0.1) is 0 Å². The molecule has 7 aromatic carbocycles. The number of aromatic nitrogens is 3. The normalized spacial score (nSPS) is 12.1. The summed E-state index contributed by atoms with van der Waals surface area (Å²) in [6.07, 6.45) is 9.68. The summed E-state index contributed by atoms with van der Waals surface area (Å²) in [5.41, 5.74) is 16.2. The second-order valence-corrected chi connectivity index (χ2v) is 13.8. The predicted octanol–water partition coefficient (Wildman–Crippen LogP) is 13.2. The Balaban J connectivity index is 0.977. The summed E-state index contributed by atoms with van der Waals surface area (Å²) in [7, 11) is 0. The molecule has 260 valence electrons. The van der Waals surface area contributed by atoms with Gasteiger partial charge in [-0.1, -0.05) is 133 Å². The summed E-state index contributed by atoms with van der Waals surface area (Å²) < 4.78 is 2.39. The number of hydrogen-bond acceptors (Lipinski definition) is 3. The Morgan fingerprint density at radius 3 is 1.62 bits per heavy atom. The molecule has 0 spiro atoms. The topological polar surface area (TPSA) is 34.0 Å². The van der Waals surface area contributed by atoms with Crippen LogP contribution in [0.5, 0.6) is 0 Å². The number of rotatable bonds is 7. The molecular formula is C51H36N4. The summed E-state index contributed by atoms with van der Waals surface area (Å²) in [5, 5.41) is 1.30. The van der Waals surface area contributed by atoms with Crippen LogP contribution in [0.3, 0.4) is 0 Å². The maximum atomic E-state index is 5.09. The Morgan fingerprint density at radius 2 is 0.945 bits per heavy atom. The van der Waals surface area contributed by atoms with Gasteiger partial charge in [0, 0.05) is 39.3 Å². The van der Waals surface area contributed by atoms with E-state index in [4.69, 9.17) is 9.97 Å². The molecule has 0 bridgehead atoms. The molecule has 1 aliphatic carbocycles. The van der Waals surface area contributed by atoms with Crippen molar-refractivity contribution in [2.24, 2.45) is 0 Å². The second-order valence-electron chi connectivity index (χ2n) is 13.8. The van der Waals surface area contributed by atoms with Crippen LogP contribution >= 0.6 is 0 Å². The molecule has 0 unspecified atom stereocenters. The van der Waals surface area contributed by atoms with Gasteiger partial charge in [-0.3, -0.25) is 0 Å². The number of nitrogens with zero attached hydrogens (tertiary/aromatic N) is 4. The highest BCUT2D eigenvalue weighted by atomic mass is 15.1. The molecule has 0 radical (unpaired) electrons. The van der Waals surface area contributed by atoms with Crippen LogP contribution in [0.4, 0.5) is 17.1 Å². The van der Waals surface area contributed by atoms with E-state index in [1.807, 2.05) is 42.5 Å². The summed E-state index contributed by atoms with van der Waals surface area (Å²) >= 11 is 0. The number of fused-ring (bicyclic) bond motifs is 4. The largest absolute Gasteiger partial charge is 0.311 e. The molecule has 0 N–H and O–H groups in total. The van der Waals surface area contributed by atoms with Gasteiger partial charge in [-0.25, -0.2) is 9.97 Å². The van der Waals surface area contributed by atoms with E-state index in [-0.39, 0.29) is 0 Å². The molecule has 2 heterocycles. The third-order valence-electron chi connectivity index (χ3n) is 10.5. The smallest absolute Gasteiger partial charge is 0.0973 e. The van der Waals surface area contributed by atoms with Crippen LogP contribution < -0.4 is 4.90 Å². The van der Waals surface area contributed by atoms with Gasteiger partial charge in [-0.2, -0.15) is 0 Å². The standard InChI is InChI=1S/C51H36N4/c1-4-14-38(15-5-1)50-51(53-47-21-12-11-20-46(47)52-50)39-26-24-36(25-27-39)37-28-30-41(31-29-37)54(40-16-6-2-7-17-40)42-32-34-43(35-33-42)55-48-22-9-3-8-18-44(48)45-19-10-13-23-49(45)55/h1-17,19-35H,18H2. The van der Waals surface area contributed by atoms with Crippen LogP contribution in [0, 0.1) is 0 Å². The number of benzene rings is 7. The maximum absolute atomic E-state index is 5.09. The Hall–Kier alpha value is -7.30. The minimum absolute atomic E-state index is 0.880. The molecule has 0 fully saturated rings. The van der Waals surface area contributed by atoms with Crippen molar-refractivity contribution in [2.75, 3.05) is 4.90 Å². The summed E-state index contributed by atoms with van der Waals surface area (Å²) in [6.45, 7) is 0. The first-order chi connectivity index (χ1) is 27.3. The lowest BCUT2D eigenvalue weighted by atomic mass is 9.99. The van der Waals surface area contributed by atoms with Crippen molar-refractivity contribution in [2.45, 2.75) is 6.42 Å². The molecule has 4 nitrogen and oxygen atoms in total. The van der Waals surface area contributed by atoms with Gasteiger partial charge in [0.25, 0.3) is 0 Å². The first-order valence-electron chi connectivity index (χ1n) is 18.7. The van der Waals surface area contributed by atoms with E-state index in [1.165, 1.54) is 22.2 Å². The summed E-state index contributed by atoms with van der Waals surface area (Å²) in [5.74, 6) is 0. The molecule has 4 heteroatoms. The minimum Gasteiger partial charge on any atom is -0.311 e. The SMILES string of the molecule is C1=CCc2c(n(-c3ccc(N(c4ccccc4)c4ccc(-c5ccc(-c6nc7ccccc7nc6-c6ccccc6)cc5)cc4)cc3)c3ccccc23)C=C1. The van der Waals surface area contributed by atoms with Crippen LogP contribution in [0.25, 0.3) is 67.3 Å². The van der Waals surface area contributed by atoms with E-state index >= 15 is 0 Å². The number of hydrogen-bond donors (Lipinski definition) is 0. The molecule has 0 saturated heterocycles. The molecular weight excluding hydrogens is 669 g/mol. The van der Waals surface area contributed by atoms with E-state index in [2.05, 4.69) is 173 Å². The average molecular weight is 705 g/mol. The Kier molecular flexibility index (Phi) is 8.19. The molecule has 10 rings (SSSR count). The third kappa shape index (κ3) is 6.00. The maximum Gasteiger partial charge on any atom is 0.0973 e. The molecule has 1 aliphatic rings. The highest BCUT2D eigenvalue weighted by molar-refractivity contribution is 5.91. The summed E-state index contributed by atoms with van der Waals surface area (Å²) in [6, 6.07) is 64.1. The van der Waals surface area contributed by atoms with Crippen molar-refractivity contribution in [3.05, 3.63) is 211 Å². The monoisotopic (exact) mass is 704 g/mol. The highest BCUT2D eigenvalue weighted by Gasteiger charge is 2.18. The van der Waals surface area contributed by atoms with E-state index in [1.54, 1.807) is 0 Å². The molecule has 0 amide bonds. The zero-order chi connectivity index (χ0) is 36.6. The minimum atomic E-state index is 0.880. The van der Waals surface area contributed by atoms with Crippen LogP contribution in [0.2, 0.25) is 0 Å². The number of allylic oxidation sites excluding steroid dienone is 3. The van der Waals surface area contributed by atoms with Crippen molar-refractivity contribution in [1.82, 2.24) is 14.5 Å². The number of anilines is 3. The molecule has 0 saturated carbocycles. The van der Waals surface area contributed by atoms with Crippen LogP contribution in [-0.4, -0.2) is 14.5 Å². The Labute approximate surface area is 320 Å². The Bertz CT molecular complexity index is 2850. The molecule has 2 aromatic heterocycles. The summed E-state index contributed by atoms with van der Waals surface area (Å²) in [4.78, 5) is 12.5. The van der Waals surface area contributed by atoms with Gasteiger partial charge >= 0.3 is 0 Å². The van der Waals surface area contributed by atoms with E-state index in [0.29, 0.717) is 0 Å². The zero-order valence-electron chi connectivity index (χ0n) is 30.1. The first-order valence-corrected chi connectivity index (χ1v) is 18.7. The van der Waals surface area contributed by atoms with Crippen molar-refractivity contribution in [3.8, 4) is 39.3 Å². The van der Waals surface area contributed by atoms with Gasteiger partial charge in [0.15, 0.2) is 0 Å². The van der Waals surface area contributed by atoms with Gasteiger partial charge in [0.1, 0.15) is 0 Å². The van der Waals surface area contributed by atoms with Crippen molar-refractivity contribution in [1.29, 1.82) is 0 Å².